The molecule has 1 aliphatic rings. The lowest BCUT2D eigenvalue weighted by molar-refractivity contribution is -0.146. The summed E-state index contributed by atoms with van der Waals surface area (Å²) >= 11 is 0. The van der Waals surface area contributed by atoms with Crippen LogP contribution < -0.4 is 5.73 Å². The maximum absolute atomic E-state index is 12.2. The first kappa shape index (κ1) is 15.5. The molecule has 7 nitrogen and oxygen atoms in total. The molecule has 1 aliphatic heterocycles. The van der Waals surface area contributed by atoms with Crippen LogP contribution in [0.15, 0.2) is 12.3 Å². The number of carbonyl (C=O) groups is 2. The highest BCUT2D eigenvalue weighted by atomic mass is 16.5. The number of hydrogen-bond donors (Lipinski definition) is 1. The normalized spacial score (nSPS) is 22.3. The number of amides is 2. The second-order valence-corrected chi connectivity index (χ2v) is 5.57. The Kier molecular flexibility index (Phi) is 4.95. The van der Waals surface area contributed by atoms with Gasteiger partial charge >= 0.3 is 0 Å². The Morgan fingerprint density at radius 1 is 1.52 bits per heavy atom. The van der Waals surface area contributed by atoms with Gasteiger partial charge in [-0.3, -0.25) is 14.3 Å². The predicted octanol–water partition coefficient (Wildman–Crippen LogP) is 0.0491. The standard InChI is InChI=1S/C14H22N4O3/c1-10-4-6-18(12(7-10)14(15)20)13(19)9-21-8-11-3-5-16-17(11)2/h3,5,10,12H,4,6-9H2,1-2H3,(H2,15,20). The summed E-state index contributed by atoms with van der Waals surface area (Å²) < 4.78 is 7.12. The van der Waals surface area contributed by atoms with E-state index in [0.717, 1.165) is 12.1 Å². The van der Waals surface area contributed by atoms with Crippen molar-refractivity contribution in [1.82, 2.24) is 14.7 Å². The fraction of sp³-hybridized carbons (Fsp3) is 0.643. The molecule has 7 heteroatoms. The quantitative estimate of drug-likeness (QED) is 0.830. The monoisotopic (exact) mass is 294 g/mol. The molecular formula is C14H22N4O3. The molecule has 0 aromatic carbocycles. The average molecular weight is 294 g/mol. The lowest BCUT2D eigenvalue weighted by Gasteiger charge is -2.36. The minimum Gasteiger partial charge on any atom is -0.368 e. The third-order valence-corrected chi connectivity index (χ3v) is 3.91. The second-order valence-electron chi connectivity index (χ2n) is 5.57. The Bertz CT molecular complexity index is 514. The lowest BCUT2D eigenvalue weighted by Crippen LogP contribution is -2.53. The minimum absolute atomic E-state index is 0.0522. The number of aromatic nitrogens is 2. The summed E-state index contributed by atoms with van der Waals surface area (Å²) in [5.41, 5.74) is 6.29. The summed E-state index contributed by atoms with van der Waals surface area (Å²) in [5, 5.41) is 4.03. The van der Waals surface area contributed by atoms with Crippen LogP contribution >= 0.6 is 0 Å². The van der Waals surface area contributed by atoms with Crippen molar-refractivity contribution in [3.05, 3.63) is 18.0 Å². The van der Waals surface area contributed by atoms with Gasteiger partial charge in [-0.1, -0.05) is 6.92 Å². The van der Waals surface area contributed by atoms with Gasteiger partial charge in [0.25, 0.3) is 0 Å². The molecule has 1 aromatic heterocycles. The summed E-state index contributed by atoms with van der Waals surface area (Å²) in [6, 6.07) is 1.32. The minimum atomic E-state index is -0.512. The number of nitrogens with zero attached hydrogens (tertiary/aromatic N) is 3. The molecule has 2 amide bonds. The van der Waals surface area contributed by atoms with Crippen molar-refractivity contribution >= 4 is 11.8 Å². The Labute approximate surface area is 124 Å². The number of hydrogen-bond acceptors (Lipinski definition) is 4. The molecule has 0 spiro atoms. The van der Waals surface area contributed by atoms with Crippen LogP contribution in [0.2, 0.25) is 0 Å². The molecule has 116 valence electrons. The first-order chi connectivity index (χ1) is 9.99. The Hall–Kier alpha value is -1.89. The van der Waals surface area contributed by atoms with E-state index in [1.54, 1.807) is 15.8 Å². The maximum Gasteiger partial charge on any atom is 0.249 e. The summed E-state index contributed by atoms with van der Waals surface area (Å²) in [5.74, 6) is -0.226. The summed E-state index contributed by atoms with van der Waals surface area (Å²) in [6.45, 7) is 2.89. The number of aryl methyl sites for hydroxylation is 1. The Morgan fingerprint density at radius 2 is 2.29 bits per heavy atom. The lowest BCUT2D eigenvalue weighted by atomic mass is 9.92. The van der Waals surface area contributed by atoms with Crippen LogP contribution in [-0.2, 0) is 28.0 Å². The van der Waals surface area contributed by atoms with E-state index in [-0.39, 0.29) is 12.5 Å². The van der Waals surface area contributed by atoms with Gasteiger partial charge in [0.1, 0.15) is 12.6 Å². The molecule has 2 heterocycles. The largest absolute Gasteiger partial charge is 0.368 e. The van der Waals surface area contributed by atoms with Gasteiger partial charge < -0.3 is 15.4 Å². The van der Waals surface area contributed by atoms with Crippen molar-refractivity contribution in [1.29, 1.82) is 0 Å². The van der Waals surface area contributed by atoms with E-state index < -0.39 is 11.9 Å². The number of piperidine rings is 1. The zero-order chi connectivity index (χ0) is 15.4. The molecule has 1 saturated heterocycles. The van der Waals surface area contributed by atoms with Crippen LogP contribution in [-0.4, -0.2) is 45.7 Å². The van der Waals surface area contributed by atoms with Gasteiger partial charge in [0.2, 0.25) is 11.8 Å². The van der Waals surface area contributed by atoms with Crippen molar-refractivity contribution in [3.8, 4) is 0 Å². The van der Waals surface area contributed by atoms with Crippen LogP contribution in [0.4, 0.5) is 0 Å². The SMILES string of the molecule is CC1CCN(C(=O)COCc2ccnn2C)C(C(N)=O)C1. The second kappa shape index (κ2) is 6.71. The van der Waals surface area contributed by atoms with Crippen molar-refractivity contribution in [2.75, 3.05) is 13.2 Å². The highest BCUT2D eigenvalue weighted by Gasteiger charge is 2.33. The third kappa shape index (κ3) is 3.81. The number of carbonyl (C=O) groups excluding carboxylic acids is 2. The number of primary amides is 1. The molecule has 2 N–H and O–H groups in total. The smallest absolute Gasteiger partial charge is 0.249 e. The van der Waals surface area contributed by atoms with E-state index >= 15 is 0 Å². The zero-order valence-corrected chi connectivity index (χ0v) is 12.5. The van der Waals surface area contributed by atoms with Gasteiger partial charge in [0.15, 0.2) is 0 Å². The molecular weight excluding hydrogens is 272 g/mol. The first-order valence-electron chi connectivity index (χ1n) is 7.12. The van der Waals surface area contributed by atoms with E-state index in [0.29, 0.717) is 25.5 Å². The van der Waals surface area contributed by atoms with E-state index in [2.05, 4.69) is 12.0 Å². The average Bonchev–Trinajstić information content (AvgIpc) is 2.84. The summed E-state index contributed by atoms with van der Waals surface area (Å²) in [7, 11) is 1.82. The van der Waals surface area contributed by atoms with E-state index in [4.69, 9.17) is 10.5 Å². The topological polar surface area (TPSA) is 90.5 Å². The van der Waals surface area contributed by atoms with Gasteiger partial charge in [-0.25, -0.2) is 0 Å². The molecule has 0 radical (unpaired) electrons. The molecule has 2 unspecified atom stereocenters. The van der Waals surface area contributed by atoms with Crippen LogP contribution in [0.1, 0.15) is 25.5 Å². The molecule has 2 atom stereocenters. The molecule has 1 fully saturated rings. The van der Waals surface area contributed by atoms with Gasteiger partial charge in [-0.15, -0.1) is 0 Å². The number of likely N-dealkylation sites (tertiary alicyclic amines) is 1. The van der Waals surface area contributed by atoms with Crippen LogP contribution in [0.25, 0.3) is 0 Å². The van der Waals surface area contributed by atoms with Gasteiger partial charge in [0, 0.05) is 19.8 Å². The van der Waals surface area contributed by atoms with Gasteiger partial charge in [-0.05, 0) is 24.8 Å². The molecule has 1 aromatic rings. The number of nitrogens with two attached hydrogens (primary N) is 1. The van der Waals surface area contributed by atoms with Gasteiger partial charge in [-0.2, -0.15) is 5.10 Å². The fourth-order valence-electron chi connectivity index (χ4n) is 2.58. The molecule has 0 aliphatic carbocycles. The highest BCUT2D eigenvalue weighted by molar-refractivity contribution is 5.87. The van der Waals surface area contributed by atoms with Gasteiger partial charge in [0.05, 0.1) is 12.3 Å². The predicted molar refractivity (Wildman–Crippen MR) is 76.0 cm³/mol. The van der Waals surface area contributed by atoms with E-state index in [1.807, 2.05) is 13.1 Å². The molecule has 0 saturated carbocycles. The highest BCUT2D eigenvalue weighted by Crippen LogP contribution is 2.22. The summed E-state index contributed by atoms with van der Waals surface area (Å²) in [4.78, 5) is 25.2. The fourth-order valence-corrected chi connectivity index (χ4v) is 2.58. The third-order valence-electron chi connectivity index (χ3n) is 3.91. The molecule has 21 heavy (non-hydrogen) atoms. The van der Waals surface area contributed by atoms with Crippen LogP contribution in [0.3, 0.4) is 0 Å². The Morgan fingerprint density at radius 3 is 2.90 bits per heavy atom. The van der Waals surface area contributed by atoms with Crippen molar-refractivity contribution < 1.29 is 14.3 Å². The number of ether oxygens (including phenoxy) is 1. The maximum atomic E-state index is 12.2. The van der Waals surface area contributed by atoms with Crippen molar-refractivity contribution in [3.63, 3.8) is 0 Å². The Balaban J connectivity index is 1.87. The van der Waals surface area contributed by atoms with Crippen molar-refractivity contribution in [2.24, 2.45) is 18.7 Å². The molecule has 2 rings (SSSR count). The van der Waals surface area contributed by atoms with Crippen LogP contribution in [0, 0.1) is 5.92 Å². The van der Waals surface area contributed by atoms with Crippen molar-refractivity contribution in [2.45, 2.75) is 32.4 Å². The summed E-state index contributed by atoms with van der Waals surface area (Å²) in [6.07, 6.45) is 3.19. The van der Waals surface area contributed by atoms with E-state index in [1.165, 1.54) is 0 Å². The first-order valence-corrected chi connectivity index (χ1v) is 7.12. The number of rotatable bonds is 5. The van der Waals surface area contributed by atoms with Crippen LogP contribution in [0.5, 0.6) is 0 Å². The van der Waals surface area contributed by atoms with E-state index in [9.17, 15) is 9.59 Å². The zero-order valence-electron chi connectivity index (χ0n) is 12.5. The molecule has 0 bridgehead atoms.